The van der Waals surface area contributed by atoms with E-state index in [1.165, 1.54) is 33.8 Å². The molecule has 0 aliphatic carbocycles. The molecule has 0 spiro atoms. The van der Waals surface area contributed by atoms with Crippen molar-refractivity contribution >= 4 is 17.3 Å². The average Bonchev–Trinajstić information content (AvgIpc) is 2.94. The number of methoxy groups -OCH3 is 1. The Labute approximate surface area is 163 Å². The summed E-state index contributed by atoms with van der Waals surface area (Å²) in [5.74, 6) is 2.39. The molecule has 0 amide bonds. The molecule has 5 nitrogen and oxygen atoms in total. The lowest BCUT2D eigenvalue weighted by molar-refractivity contribution is 0.205. The number of fused-ring (bicyclic) bond motifs is 1. The molecule has 2 heterocycles. The number of aryl methyl sites for hydroxylation is 4. The van der Waals surface area contributed by atoms with E-state index in [1.54, 1.807) is 7.11 Å². The Morgan fingerprint density at radius 1 is 1.15 bits per heavy atom. The molecule has 3 rings (SSSR count). The fraction of sp³-hybridized carbons (Fsp3) is 0.591. The van der Waals surface area contributed by atoms with Crippen molar-refractivity contribution in [3.05, 3.63) is 34.4 Å². The maximum absolute atomic E-state index is 5.35. The molecule has 1 aliphatic rings. The minimum Gasteiger partial charge on any atom is -0.383 e. The predicted octanol–water partition coefficient (Wildman–Crippen LogP) is 4.29. The van der Waals surface area contributed by atoms with E-state index < -0.39 is 0 Å². The SMILES string of the molecule is CCCN(CCOC)c1c2c(nn1C)N(c1c(C)cc(C)cc1C)CCC2. The number of hydrogen-bond donors (Lipinski definition) is 0. The molecule has 0 fully saturated rings. The average molecular weight is 371 g/mol. The van der Waals surface area contributed by atoms with Crippen LogP contribution in [0, 0.1) is 20.8 Å². The van der Waals surface area contributed by atoms with Crippen LogP contribution in [0.3, 0.4) is 0 Å². The summed E-state index contributed by atoms with van der Waals surface area (Å²) in [5, 5.41) is 4.98. The van der Waals surface area contributed by atoms with E-state index in [0.717, 1.165) is 51.3 Å². The van der Waals surface area contributed by atoms with E-state index in [2.05, 4.69) is 61.4 Å². The molecule has 0 unspecified atom stereocenters. The van der Waals surface area contributed by atoms with Crippen molar-refractivity contribution in [3.63, 3.8) is 0 Å². The normalized spacial score (nSPS) is 13.8. The molecule has 0 N–H and O–H groups in total. The first-order valence-electron chi connectivity index (χ1n) is 10.1. The monoisotopic (exact) mass is 370 g/mol. The van der Waals surface area contributed by atoms with E-state index >= 15 is 0 Å². The van der Waals surface area contributed by atoms with Gasteiger partial charge in [-0.3, -0.25) is 4.68 Å². The minimum absolute atomic E-state index is 0.736. The summed E-state index contributed by atoms with van der Waals surface area (Å²) in [6.07, 6.45) is 3.36. The summed E-state index contributed by atoms with van der Waals surface area (Å²) in [6, 6.07) is 4.56. The minimum atomic E-state index is 0.736. The number of hydrogen-bond acceptors (Lipinski definition) is 4. The highest BCUT2D eigenvalue weighted by Crippen LogP contribution is 2.40. The summed E-state index contributed by atoms with van der Waals surface area (Å²) in [6.45, 7) is 12.5. The second-order valence-corrected chi connectivity index (χ2v) is 7.73. The van der Waals surface area contributed by atoms with Gasteiger partial charge in [0.15, 0.2) is 5.82 Å². The molecule has 0 saturated heterocycles. The lowest BCUT2D eigenvalue weighted by Gasteiger charge is -2.32. The van der Waals surface area contributed by atoms with Crippen LogP contribution in [-0.4, -0.2) is 43.1 Å². The lowest BCUT2D eigenvalue weighted by Crippen LogP contribution is -2.31. The Bertz CT molecular complexity index is 773. The Morgan fingerprint density at radius 3 is 2.48 bits per heavy atom. The van der Waals surface area contributed by atoms with Crippen LogP contribution in [0.5, 0.6) is 0 Å². The van der Waals surface area contributed by atoms with Crippen molar-refractivity contribution in [2.45, 2.75) is 47.0 Å². The summed E-state index contributed by atoms with van der Waals surface area (Å²) in [7, 11) is 3.85. The zero-order valence-corrected chi connectivity index (χ0v) is 17.8. The first kappa shape index (κ1) is 19.7. The smallest absolute Gasteiger partial charge is 0.160 e. The number of aromatic nitrogens is 2. The van der Waals surface area contributed by atoms with Gasteiger partial charge in [-0.05, 0) is 51.2 Å². The van der Waals surface area contributed by atoms with Gasteiger partial charge in [-0.1, -0.05) is 24.6 Å². The van der Waals surface area contributed by atoms with Crippen molar-refractivity contribution in [2.24, 2.45) is 7.05 Å². The van der Waals surface area contributed by atoms with Gasteiger partial charge in [0.05, 0.1) is 6.61 Å². The molecule has 2 aromatic rings. The molecule has 5 heteroatoms. The number of anilines is 3. The van der Waals surface area contributed by atoms with Crippen molar-refractivity contribution in [1.29, 1.82) is 0 Å². The van der Waals surface area contributed by atoms with Gasteiger partial charge < -0.3 is 14.5 Å². The van der Waals surface area contributed by atoms with Gasteiger partial charge in [0.2, 0.25) is 0 Å². The molecule has 1 aliphatic heterocycles. The zero-order chi connectivity index (χ0) is 19.6. The van der Waals surface area contributed by atoms with Gasteiger partial charge in [-0.15, -0.1) is 0 Å². The number of benzene rings is 1. The lowest BCUT2D eigenvalue weighted by atomic mass is 10.0. The standard InChI is InChI=1S/C22H34N4O/c1-7-10-25(12-13-27-6)22-19-9-8-11-26(21(19)23-24(22)5)20-17(3)14-16(2)15-18(20)4/h14-15H,7-13H2,1-6H3. The molecular formula is C22H34N4O. The van der Waals surface area contributed by atoms with Gasteiger partial charge >= 0.3 is 0 Å². The number of rotatable bonds is 7. The highest BCUT2D eigenvalue weighted by Gasteiger charge is 2.29. The summed E-state index contributed by atoms with van der Waals surface area (Å²) in [5.41, 5.74) is 6.69. The molecule has 148 valence electrons. The number of ether oxygens (including phenoxy) is 1. The van der Waals surface area contributed by atoms with Crippen LogP contribution < -0.4 is 9.80 Å². The van der Waals surface area contributed by atoms with Crippen LogP contribution in [0.2, 0.25) is 0 Å². The largest absolute Gasteiger partial charge is 0.383 e. The van der Waals surface area contributed by atoms with Crippen molar-refractivity contribution < 1.29 is 4.74 Å². The van der Waals surface area contributed by atoms with E-state index in [0.29, 0.717) is 0 Å². The summed E-state index contributed by atoms with van der Waals surface area (Å²) in [4.78, 5) is 4.88. The maximum Gasteiger partial charge on any atom is 0.160 e. The van der Waals surface area contributed by atoms with Gasteiger partial charge in [0.25, 0.3) is 0 Å². The predicted molar refractivity (Wildman–Crippen MR) is 114 cm³/mol. The first-order valence-corrected chi connectivity index (χ1v) is 10.1. The van der Waals surface area contributed by atoms with Crippen LogP contribution in [0.4, 0.5) is 17.3 Å². The van der Waals surface area contributed by atoms with E-state index in [-0.39, 0.29) is 0 Å². The first-order chi connectivity index (χ1) is 13.0. The van der Waals surface area contributed by atoms with Crippen LogP contribution >= 0.6 is 0 Å². The van der Waals surface area contributed by atoms with Crippen molar-refractivity contribution in [3.8, 4) is 0 Å². The van der Waals surface area contributed by atoms with E-state index in [1.807, 2.05) is 0 Å². The number of nitrogens with zero attached hydrogens (tertiary/aromatic N) is 4. The van der Waals surface area contributed by atoms with E-state index in [4.69, 9.17) is 9.84 Å². The van der Waals surface area contributed by atoms with Crippen molar-refractivity contribution in [2.75, 3.05) is 43.2 Å². The molecule has 0 saturated carbocycles. The third-order valence-electron chi connectivity index (χ3n) is 5.42. The van der Waals surface area contributed by atoms with Gasteiger partial charge in [0, 0.05) is 45.0 Å². The molecule has 0 bridgehead atoms. The van der Waals surface area contributed by atoms with Crippen LogP contribution in [0.1, 0.15) is 42.0 Å². The third kappa shape index (κ3) is 3.84. The molecule has 0 atom stereocenters. The van der Waals surface area contributed by atoms with Gasteiger partial charge in [-0.25, -0.2) is 0 Å². The summed E-state index contributed by atoms with van der Waals surface area (Å²) >= 11 is 0. The summed E-state index contributed by atoms with van der Waals surface area (Å²) < 4.78 is 7.43. The molecule has 1 aromatic heterocycles. The van der Waals surface area contributed by atoms with Crippen LogP contribution in [0.15, 0.2) is 12.1 Å². The maximum atomic E-state index is 5.35. The third-order valence-corrected chi connectivity index (χ3v) is 5.42. The Balaban J connectivity index is 2.05. The highest BCUT2D eigenvalue weighted by molar-refractivity contribution is 5.74. The molecule has 27 heavy (non-hydrogen) atoms. The molecular weight excluding hydrogens is 336 g/mol. The van der Waals surface area contributed by atoms with Gasteiger partial charge in [0.1, 0.15) is 5.82 Å². The molecule has 0 radical (unpaired) electrons. The quantitative estimate of drug-likeness (QED) is 0.728. The van der Waals surface area contributed by atoms with Gasteiger partial charge in [-0.2, -0.15) is 5.10 Å². The zero-order valence-electron chi connectivity index (χ0n) is 17.8. The van der Waals surface area contributed by atoms with Crippen LogP contribution in [0.25, 0.3) is 0 Å². The second-order valence-electron chi connectivity index (χ2n) is 7.73. The fourth-order valence-electron chi connectivity index (χ4n) is 4.51. The highest BCUT2D eigenvalue weighted by atomic mass is 16.5. The Kier molecular flexibility index (Phi) is 6.10. The topological polar surface area (TPSA) is 33.5 Å². The van der Waals surface area contributed by atoms with Crippen LogP contribution in [-0.2, 0) is 18.2 Å². The molecule has 1 aromatic carbocycles. The fourth-order valence-corrected chi connectivity index (χ4v) is 4.51. The Morgan fingerprint density at radius 2 is 1.85 bits per heavy atom. The second kappa shape index (κ2) is 8.34. The van der Waals surface area contributed by atoms with Crippen molar-refractivity contribution in [1.82, 2.24) is 9.78 Å². The van der Waals surface area contributed by atoms with E-state index in [9.17, 15) is 0 Å². The Hall–Kier alpha value is -2.01.